The first-order chi connectivity index (χ1) is 23.8. The normalized spacial score (nSPS) is 22.3. The lowest BCUT2D eigenvalue weighted by Gasteiger charge is -2.31. The van der Waals surface area contributed by atoms with E-state index >= 15 is 0 Å². The van der Waals surface area contributed by atoms with Gasteiger partial charge in [-0.2, -0.15) is 8.61 Å². The summed E-state index contributed by atoms with van der Waals surface area (Å²) >= 11 is 1.47. The van der Waals surface area contributed by atoms with Gasteiger partial charge in [0, 0.05) is 36.6 Å². The van der Waals surface area contributed by atoms with Crippen LogP contribution in [0.5, 0.6) is 0 Å². The maximum Gasteiger partial charge on any atom is 0.238 e. The Kier molecular flexibility index (Phi) is 12.7. The molecule has 0 saturated carbocycles. The molecule has 0 radical (unpaired) electrons. The van der Waals surface area contributed by atoms with E-state index in [2.05, 4.69) is 0 Å². The number of primary sulfonamides is 1. The Balaban J connectivity index is 0.000000236. The van der Waals surface area contributed by atoms with Gasteiger partial charge in [-0.05, 0) is 94.6 Å². The summed E-state index contributed by atoms with van der Waals surface area (Å²) in [7, 11) is -11.8. The van der Waals surface area contributed by atoms with Crippen LogP contribution in [-0.2, 0) is 35.8 Å². The summed E-state index contributed by atoms with van der Waals surface area (Å²) < 4.78 is 130. The van der Waals surface area contributed by atoms with Gasteiger partial charge in [-0.15, -0.1) is 11.8 Å². The third kappa shape index (κ3) is 9.76. The molecule has 0 spiro atoms. The maximum absolute atomic E-state index is 14.3. The minimum atomic E-state index is -4.17. The lowest BCUT2D eigenvalue weighted by Crippen LogP contribution is -2.43. The SMILES string of the molecule is CC(C)(C)S(=O)(=O)N1C[C@@H](F)C[C@@H]1c1cc(F)cc(S(N)(=O)=O)c1.CC(C)(C)S(=O)(=O)N1C[C@@H](F)C[C@@H]1c1cc(F)cc(SCc2ccccc2)c1. The first-order valence-electron chi connectivity index (χ1n) is 16.4. The van der Waals surface area contributed by atoms with Gasteiger partial charge < -0.3 is 0 Å². The molecule has 2 heterocycles. The van der Waals surface area contributed by atoms with Crippen LogP contribution in [-0.4, -0.2) is 68.8 Å². The van der Waals surface area contributed by atoms with Crippen LogP contribution in [0, 0.1) is 11.6 Å². The fraction of sp³-hybridized carbons (Fsp3) is 0.486. The van der Waals surface area contributed by atoms with Gasteiger partial charge in [-0.1, -0.05) is 30.3 Å². The van der Waals surface area contributed by atoms with Crippen molar-refractivity contribution in [3.63, 3.8) is 0 Å². The number of nitrogens with two attached hydrogens (primary N) is 1. The number of rotatable bonds is 8. The minimum absolute atomic E-state index is 0.0432. The van der Waals surface area contributed by atoms with Crippen molar-refractivity contribution in [2.45, 2.75) is 104 Å². The van der Waals surface area contributed by atoms with Crippen molar-refractivity contribution in [3.05, 3.63) is 95.1 Å². The van der Waals surface area contributed by atoms with E-state index in [4.69, 9.17) is 5.14 Å². The van der Waals surface area contributed by atoms with E-state index in [1.807, 2.05) is 30.3 Å². The molecule has 52 heavy (non-hydrogen) atoms. The van der Waals surface area contributed by atoms with Crippen LogP contribution in [0.15, 0.2) is 76.5 Å². The first kappa shape index (κ1) is 42.2. The molecule has 2 N–H and O–H groups in total. The molecular weight excluding hydrogens is 763 g/mol. The lowest BCUT2D eigenvalue weighted by molar-refractivity contribution is 0.339. The van der Waals surface area contributed by atoms with E-state index < -0.39 is 80.5 Å². The van der Waals surface area contributed by atoms with Crippen molar-refractivity contribution in [2.75, 3.05) is 13.1 Å². The van der Waals surface area contributed by atoms with E-state index in [0.717, 1.165) is 28.1 Å². The number of halogens is 4. The van der Waals surface area contributed by atoms with E-state index in [1.165, 1.54) is 49.0 Å². The summed E-state index contributed by atoms with van der Waals surface area (Å²) in [6.07, 6.45) is -2.82. The molecular formula is C35H45F4N3O6S4. The van der Waals surface area contributed by atoms with Gasteiger partial charge in [-0.3, -0.25) is 0 Å². The number of nitrogens with zero attached hydrogens (tertiary/aromatic N) is 2. The monoisotopic (exact) mass is 807 g/mol. The summed E-state index contributed by atoms with van der Waals surface area (Å²) in [4.78, 5) is 0.224. The molecule has 288 valence electrons. The highest BCUT2D eigenvalue weighted by Crippen LogP contribution is 2.41. The molecule has 2 aliphatic rings. The second kappa shape index (κ2) is 15.7. The molecule has 3 aromatic rings. The van der Waals surface area contributed by atoms with Crippen LogP contribution < -0.4 is 5.14 Å². The Morgan fingerprint density at radius 2 is 1.13 bits per heavy atom. The summed E-state index contributed by atoms with van der Waals surface area (Å²) in [5.41, 5.74) is 1.68. The average molecular weight is 808 g/mol. The van der Waals surface area contributed by atoms with Gasteiger partial charge in [0.2, 0.25) is 30.1 Å². The Morgan fingerprint density at radius 3 is 1.58 bits per heavy atom. The zero-order valence-electron chi connectivity index (χ0n) is 29.8. The van der Waals surface area contributed by atoms with E-state index in [-0.39, 0.29) is 31.5 Å². The van der Waals surface area contributed by atoms with Crippen LogP contribution in [0.3, 0.4) is 0 Å². The molecule has 17 heteroatoms. The van der Waals surface area contributed by atoms with Gasteiger partial charge in [0.15, 0.2) is 0 Å². The van der Waals surface area contributed by atoms with Crippen LogP contribution in [0.1, 0.15) is 83.2 Å². The van der Waals surface area contributed by atoms with Crippen molar-refractivity contribution in [3.8, 4) is 0 Å². The number of benzene rings is 3. The fourth-order valence-electron chi connectivity index (χ4n) is 5.90. The second-order valence-electron chi connectivity index (χ2n) is 14.8. The molecule has 0 amide bonds. The zero-order valence-corrected chi connectivity index (χ0v) is 33.0. The molecule has 9 nitrogen and oxygen atoms in total. The summed E-state index contributed by atoms with van der Waals surface area (Å²) in [6, 6.07) is 15.5. The van der Waals surface area contributed by atoms with Crippen LogP contribution >= 0.6 is 11.8 Å². The molecule has 3 aromatic carbocycles. The Labute approximate surface area is 309 Å². The number of hydrogen-bond donors (Lipinski definition) is 1. The quantitative estimate of drug-likeness (QED) is 0.191. The van der Waals surface area contributed by atoms with Crippen molar-refractivity contribution in [1.82, 2.24) is 8.61 Å². The fourth-order valence-corrected chi connectivity index (χ4v) is 10.6. The molecule has 0 aromatic heterocycles. The number of thioether (sulfide) groups is 1. The van der Waals surface area contributed by atoms with Gasteiger partial charge in [0.1, 0.15) is 24.0 Å². The highest BCUT2D eigenvalue weighted by atomic mass is 32.2. The van der Waals surface area contributed by atoms with Crippen LogP contribution in [0.4, 0.5) is 17.6 Å². The Hall–Kier alpha value is -2.54. The van der Waals surface area contributed by atoms with Crippen LogP contribution in [0.2, 0.25) is 0 Å². The largest absolute Gasteiger partial charge is 0.246 e. The predicted octanol–water partition coefficient (Wildman–Crippen LogP) is 7.02. The summed E-state index contributed by atoms with van der Waals surface area (Å²) in [5.74, 6) is -0.653. The first-order valence-corrected chi connectivity index (χ1v) is 21.8. The van der Waals surface area contributed by atoms with Gasteiger partial charge in [0.25, 0.3) is 0 Å². The summed E-state index contributed by atoms with van der Waals surface area (Å²) in [5, 5.41) is 5.01. The second-order valence-corrected chi connectivity index (χ2v) is 22.7. The van der Waals surface area contributed by atoms with Gasteiger partial charge in [0.05, 0.1) is 26.5 Å². The third-order valence-corrected chi connectivity index (χ3v) is 15.8. The lowest BCUT2D eigenvalue weighted by atomic mass is 10.1. The number of sulfonamides is 3. The van der Waals surface area contributed by atoms with Gasteiger partial charge in [-0.25, -0.2) is 48.0 Å². The third-order valence-electron chi connectivity index (χ3n) is 8.71. The van der Waals surface area contributed by atoms with Crippen LogP contribution in [0.25, 0.3) is 0 Å². The van der Waals surface area contributed by atoms with Crippen molar-refractivity contribution in [2.24, 2.45) is 5.14 Å². The predicted molar refractivity (Wildman–Crippen MR) is 195 cm³/mol. The van der Waals surface area contributed by atoms with Crippen molar-refractivity contribution < 1.29 is 42.8 Å². The van der Waals surface area contributed by atoms with Gasteiger partial charge >= 0.3 is 0 Å². The highest BCUT2D eigenvalue weighted by Gasteiger charge is 2.47. The molecule has 4 atom stereocenters. The number of alkyl halides is 2. The number of hydrogen-bond acceptors (Lipinski definition) is 7. The molecule has 0 unspecified atom stereocenters. The maximum atomic E-state index is 14.3. The molecule has 2 fully saturated rings. The van der Waals surface area contributed by atoms with Crippen molar-refractivity contribution >= 4 is 41.8 Å². The molecule has 2 aliphatic heterocycles. The van der Waals surface area contributed by atoms with E-state index in [9.17, 15) is 42.8 Å². The van der Waals surface area contributed by atoms with E-state index in [0.29, 0.717) is 16.2 Å². The molecule has 5 rings (SSSR count). The smallest absolute Gasteiger partial charge is 0.238 e. The molecule has 0 bridgehead atoms. The highest BCUT2D eigenvalue weighted by molar-refractivity contribution is 7.98. The summed E-state index contributed by atoms with van der Waals surface area (Å²) in [6.45, 7) is 8.68. The standard InChI is InChI=1S/C21H25F2NO2S2.C14H20F2N2O4S2/c1-21(2,3)28(25,26)24-13-18(23)12-20(24)16-9-17(22)11-19(10-16)27-14-15-7-5-4-6-8-15;1-14(2,3)24(21,22)18-8-11(16)7-13(18)9-4-10(15)6-12(5-9)23(17,19)20/h4-11,18,20H,12-14H2,1-3H3;4-6,11,13H,7-8H2,1-3H3,(H2,17,19,20)/t18-,20+;11-,13+/m00/s1. The minimum Gasteiger partial charge on any atom is -0.246 e. The van der Waals surface area contributed by atoms with E-state index in [1.54, 1.807) is 26.8 Å². The zero-order chi connectivity index (χ0) is 39.0. The topological polar surface area (TPSA) is 135 Å². The molecule has 2 saturated heterocycles. The Bertz CT molecular complexity index is 2070. The molecule has 0 aliphatic carbocycles. The average Bonchev–Trinajstić information content (AvgIpc) is 3.62. The Morgan fingerprint density at radius 1 is 0.692 bits per heavy atom. The van der Waals surface area contributed by atoms with Crippen molar-refractivity contribution in [1.29, 1.82) is 0 Å².